The number of hydrogen-bond acceptors (Lipinski definition) is 6. The third-order valence-electron chi connectivity index (χ3n) is 7.19. The number of alkyl carbamates (subject to hydrolysis) is 1. The number of carbonyl (C=O) groups is 2. The molecule has 0 bridgehead atoms. The van der Waals surface area contributed by atoms with Crippen LogP contribution in [-0.4, -0.2) is 48.9 Å². The quantitative estimate of drug-likeness (QED) is 0.216. The van der Waals surface area contributed by atoms with Crippen LogP contribution in [0.25, 0.3) is 0 Å². The first kappa shape index (κ1) is 33.8. The molecule has 2 atom stereocenters. The summed E-state index contributed by atoms with van der Waals surface area (Å²) in [7, 11) is 1.55. The Morgan fingerprint density at radius 2 is 1.73 bits per heavy atom. The molecule has 41 heavy (non-hydrogen) atoms. The number of ether oxygens (including phenoxy) is 2. The zero-order valence-electron chi connectivity index (χ0n) is 26.3. The lowest BCUT2D eigenvalue weighted by atomic mass is 9.95. The number of carbonyl (C=O) groups excluding carboxylic acids is 2. The lowest BCUT2D eigenvalue weighted by molar-refractivity contribution is -0.123. The number of amides is 2. The highest BCUT2D eigenvalue weighted by Gasteiger charge is 2.30. The second-order valence-corrected chi connectivity index (χ2v) is 11.8. The van der Waals surface area contributed by atoms with Gasteiger partial charge in [0.1, 0.15) is 17.7 Å². The van der Waals surface area contributed by atoms with E-state index in [-0.39, 0.29) is 5.91 Å². The molecule has 0 radical (unpaired) electrons. The maximum atomic E-state index is 13.9. The molecule has 1 unspecified atom stereocenters. The number of methoxy groups -OCH3 is 1. The van der Waals surface area contributed by atoms with Crippen molar-refractivity contribution in [2.24, 2.45) is 15.9 Å². The Balaban J connectivity index is 2.40. The van der Waals surface area contributed by atoms with Crippen molar-refractivity contribution in [3.63, 3.8) is 0 Å². The molecule has 8 nitrogen and oxygen atoms in total. The van der Waals surface area contributed by atoms with Gasteiger partial charge in [-0.1, -0.05) is 56.5 Å². The minimum Gasteiger partial charge on any atom is -0.483 e. The Bertz CT molecular complexity index is 1120. The summed E-state index contributed by atoms with van der Waals surface area (Å²) < 4.78 is 11.2. The molecule has 0 aliphatic heterocycles. The van der Waals surface area contributed by atoms with E-state index in [0.717, 1.165) is 34.5 Å². The summed E-state index contributed by atoms with van der Waals surface area (Å²) in [4.78, 5) is 35.9. The number of nitrogens with one attached hydrogen (secondary N) is 2. The SMILES string of the molecule is C=C(CC1CCCC1)N=C(OC)C(C/C(=C/C)N=CC)NC(=O)[C@H](Cc1c(C)cccc1C)NC(=O)OC(C)(C)C. The monoisotopic (exact) mass is 566 g/mol. The minimum atomic E-state index is -0.893. The van der Waals surface area contributed by atoms with Crippen LogP contribution >= 0.6 is 0 Å². The van der Waals surface area contributed by atoms with Gasteiger partial charge in [-0.05, 0) is 77.5 Å². The van der Waals surface area contributed by atoms with Crippen molar-refractivity contribution in [1.82, 2.24) is 10.6 Å². The Kier molecular flexibility index (Phi) is 13.3. The third-order valence-corrected chi connectivity index (χ3v) is 7.19. The van der Waals surface area contributed by atoms with Gasteiger partial charge in [0.25, 0.3) is 0 Å². The van der Waals surface area contributed by atoms with Crippen LogP contribution in [0.3, 0.4) is 0 Å². The topological polar surface area (TPSA) is 101 Å². The summed E-state index contributed by atoms with van der Waals surface area (Å²) in [5, 5.41) is 5.90. The Labute approximate surface area is 246 Å². The standard InChI is InChI=1S/C33H50N4O4/c1-10-26(34-11-2)20-29(31(40-9)35-24(5)19-25-17-12-13-18-25)36-30(38)28(37-32(39)41-33(6,7)8)21-27-22(3)15-14-16-23(27)4/h10-11,14-16,25,28-29H,5,12-13,17-21H2,1-4,6-9H3,(H,36,38)(H,37,39)/b26-10-,34-11?,35-31?/t28-,29?/m0/s1. The van der Waals surface area contributed by atoms with E-state index in [1.165, 1.54) is 25.7 Å². The van der Waals surface area contributed by atoms with Gasteiger partial charge in [-0.25, -0.2) is 9.79 Å². The summed E-state index contributed by atoms with van der Waals surface area (Å²) in [6, 6.07) is 4.47. The summed E-state index contributed by atoms with van der Waals surface area (Å²) >= 11 is 0. The maximum absolute atomic E-state index is 13.9. The second-order valence-electron chi connectivity index (χ2n) is 11.8. The largest absolute Gasteiger partial charge is 0.483 e. The van der Waals surface area contributed by atoms with E-state index in [9.17, 15) is 9.59 Å². The van der Waals surface area contributed by atoms with Crippen molar-refractivity contribution in [3.8, 4) is 0 Å². The van der Waals surface area contributed by atoms with Gasteiger partial charge in [0.05, 0.1) is 7.11 Å². The molecule has 2 amide bonds. The maximum Gasteiger partial charge on any atom is 0.408 e. The van der Waals surface area contributed by atoms with E-state index in [4.69, 9.17) is 14.5 Å². The highest BCUT2D eigenvalue weighted by molar-refractivity contribution is 5.92. The highest BCUT2D eigenvalue weighted by atomic mass is 16.6. The van der Waals surface area contributed by atoms with Crippen molar-refractivity contribution in [2.45, 2.75) is 111 Å². The van der Waals surface area contributed by atoms with Gasteiger partial charge in [-0.3, -0.25) is 9.79 Å². The van der Waals surface area contributed by atoms with E-state index in [1.54, 1.807) is 34.1 Å². The number of benzene rings is 1. The van der Waals surface area contributed by atoms with Crippen LogP contribution < -0.4 is 10.6 Å². The van der Waals surface area contributed by atoms with Crippen molar-refractivity contribution in [1.29, 1.82) is 0 Å². The van der Waals surface area contributed by atoms with Crippen LogP contribution in [0.4, 0.5) is 4.79 Å². The molecule has 226 valence electrons. The first-order valence-electron chi connectivity index (χ1n) is 14.7. The highest BCUT2D eigenvalue weighted by Crippen LogP contribution is 2.30. The third kappa shape index (κ3) is 11.5. The van der Waals surface area contributed by atoms with Gasteiger partial charge in [0.2, 0.25) is 11.8 Å². The Hall–Kier alpha value is -3.42. The van der Waals surface area contributed by atoms with E-state index >= 15 is 0 Å². The van der Waals surface area contributed by atoms with Crippen LogP contribution in [0.15, 0.2) is 52.2 Å². The van der Waals surface area contributed by atoms with E-state index in [1.807, 2.05) is 52.0 Å². The zero-order valence-corrected chi connectivity index (χ0v) is 26.3. The molecular weight excluding hydrogens is 516 g/mol. The summed E-state index contributed by atoms with van der Waals surface area (Å²) in [5.41, 5.74) is 3.88. The van der Waals surface area contributed by atoms with Crippen LogP contribution in [0.1, 0.15) is 89.8 Å². The Morgan fingerprint density at radius 1 is 1.10 bits per heavy atom. The lowest BCUT2D eigenvalue weighted by Gasteiger charge is -2.27. The van der Waals surface area contributed by atoms with Crippen molar-refractivity contribution < 1.29 is 19.1 Å². The molecule has 0 aromatic heterocycles. The predicted molar refractivity (Wildman–Crippen MR) is 167 cm³/mol. The molecule has 2 rings (SSSR count). The van der Waals surface area contributed by atoms with Gasteiger partial charge in [-0.2, -0.15) is 0 Å². The predicted octanol–water partition coefficient (Wildman–Crippen LogP) is 6.75. The number of allylic oxidation sites excluding steroid dienone is 2. The number of aliphatic imine (C=N–C) groups is 2. The first-order valence-corrected chi connectivity index (χ1v) is 14.7. The second kappa shape index (κ2) is 16.1. The molecule has 2 N–H and O–H groups in total. The fraction of sp³-hybridized carbons (Fsp3) is 0.576. The van der Waals surface area contributed by atoms with Crippen LogP contribution in [0.5, 0.6) is 0 Å². The average molecular weight is 567 g/mol. The number of rotatable bonds is 12. The summed E-state index contributed by atoms with van der Waals surface area (Å²) in [6.45, 7) is 17.3. The normalized spacial score (nSPS) is 16.4. The average Bonchev–Trinajstić information content (AvgIpc) is 3.39. The minimum absolute atomic E-state index is 0.299. The molecule has 1 aromatic carbocycles. The van der Waals surface area contributed by atoms with E-state index in [0.29, 0.717) is 24.7 Å². The van der Waals surface area contributed by atoms with Crippen molar-refractivity contribution >= 4 is 24.1 Å². The van der Waals surface area contributed by atoms with E-state index in [2.05, 4.69) is 22.2 Å². The fourth-order valence-corrected chi connectivity index (χ4v) is 5.14. The van der Waals surface area contributed by atoms with Crippen LogP contribution in [-0.2, 0) is 20.7 Å². The van der Waals surface area contributed by atoms with Crippen molar-refractivity contribution in [3.05, 3.63) is 58.9 Å². The Morgan fingerprint density at radius 3 is 2.27 bits per heavy atom. The van der Waals surface area contributed by atoms with Crippen LogP contribution in [0.2, 0.25) is 0 Å². The summed E-state index contributed by atoms with van der Waals surface area (Å²) in [6.07, 6.45) is 9.25. The molecule has 1 saturated carbocycles. The van der Waals surface area contributed by atoms with E-state index < -0.39 is 23.8 Å². The lowest BCUT2D eigenvalue weighted by Crippen LogP contribution is -2.53. The molecule has 1 aliphatic rings. The van der Waals surface area contributed by atoms with Gasteiger partial charge < -0.3 is 20.1 Å². The molecule has 1 aliphatic carbocycles. The molecule has 1 aromatic rings. The smallest absolute Gasteiger partial charge is 0.408 e. The van der Waals surface area contributed by atoms with Gasteiger partial charge in [0.15, 0.2) is 0 Å². The zero-order chi connectivity index (χ0) is 30.6. The van der Waals surface area contributed by atoms with Gasteiger partial charge >= 0.3 is 6.09 Å². The molecule has 0 spiro atoms. The van der Waals surface area contributed by atoms with Gasteiger partial charge in [-0.15, -0.1) is 0 Å². The van der Waals surface area contributed by atoms with Gasteiger partial charge in [0, 0.05) is 30.5 Å². The summed E-state index contributed by atoms with van der Waals surface area (Å²) in [5.74, 6) is 0.564. The number of aryl methyl sites for hydroxylation is 2. The molecule has 8 heteroatoms. The molecule has 1 fully saturated rings. The van der Waals surface area contributed by atoms with Crippen LogP contribution in [0, 0.1) is 19.8 Å². The molecule has 0 heterocycles. The first-order chi connectivity index (χ1) is 19.4. The van der Waals surface area contributed by atoms with Crippen molar-refractivity contribution in [2.75, 3.05) is 7.11 Å². The molecular formula is C33H50N4O4. The number of hydrogen-bond donors (Lipinski definition) is 2. The molecule has 0 saturated heterocycles. The fourth-order valence-electron chi connectivity index (χ4n) is 5.14. The number of nitrogens with zero attached hydrogens (tertiary/aromatic N) is 2.